The fourth-order valence-electron chi connectivity index (χ4n) is 2.20. The molecule has 0 aliphatic heterocycles. The highest BCUT2D eigenvalue weighted by atomic mass is 16.5. The minimum atomic E-state index is -1.10. The minimum Gasteiger partial charge on any atom is -0.459 e. The summed E-state index contributed by atoms with van der Waals surface area (Å²) in [6, 6.07) is 12.4. The first-order chi connectivity index (χ1) is 13.0. The molecule has 8 heteroatoms. The molecule has 0 saturated carbocycles. The lowest BCUT2D eigenvalue weighted by molar-refractivity contribution is -0.153. The number of hydrogen-bond acceptors (Lipinski definition) is 6. The Hall–Kier alpha value is -3.60. The normalized spacial score (nSPS) is 11.1. The molecule has 2 rings (SSSR count). The third kappa shape index (κ3) is 5.71. The molecule has 1 aromatic carbocycles. The number of benzene rings is 1. The van der Waals surface area contributed by atoms with Gasteiger partial charge < -0.3 is 19.4 Å². The summed E-state index contributed by atoms with van der Waals surface area (Å²) < 4.78 is 10.1. The number of carbonyl (C=O) groups excluding carboxylic acids is 3. The Morgan fingerprint density at radius 3 is 2.59 bits per heavy atom. The van der Waals surface area contributed by atoms with Crippen molar-refractivity contribution in [3.05, 3.63) is 60.1 Å². The fraction of sp³-hybridized carbons (Fsp3) is 0.263. The lowest BCUT2D eigenvalue weighted by atomic mass is 10.1. The highest BCUT2D eigenvalue weighted by molar-refractivity contribution is 5.95. The number of carbonyl (C=O) groups is 3. The highest BCUT2D eigenvalue weighted by Gasteiger charge is 2.26. The van der Waals surface area contributed by atoms with Gasteiger partial charge in [0.25, 0.3) is 11.8 Å². The third-order valence-electron chi connectivity index (χ3n) is 3.71. The van der Waals surface area contributed by atoms with Crippen molar-refractivity contribution in [2.75, 3.05) is 20.2 Å². The average Bonchev–Trinajstić information content (AvgIpc) is 3.23. The van der Waals surface area contributed by atoms with Crippen molar-refractivity contribution in [2.24, 2.45) is 0 Å². The Morgan fingerprint density at radius 2 is 1.96 bits per heavy atom. The quantitative estimate of drug-likeness (QED) is 0.708. The van der Waals surface area contributed by atoms with Gasteiger partial charge in [0.15, 0.2) is 18.4 Å². The van der Waals surface area contributed by atoms with Gasteiger partial charge in [0, 0.05) is 13.6 Å². The van der Waals surface area contributed by atoms with Gasteiger partial charge in [-0.05, 0) is 17.7 Å². The molecule has 0 unspecified atom stereocenters. The van der Waals surface area contributed by atoms with Crippen molar-refractivity contribution in [1.29, 1.82) is 5.26 Å². The molecule has 140 valence electrons. The smallest absolute Gasteiger partial charge is 0.333 e. The lowest BCUT2D eigenvalue weighted by Crippen LogP contribution is -2.37. The van der Waals surface area contributed by atoms with Gasteiger partial charge >= 0.3 is 5.97 Å². The maximum absolute atomic E-state index is 12.5. The predicted molar refractivity (Wildman–Crippen MR) is 94.2 cm³/mol. The Bertz CT molecular complexity index is 812. The van der Waals surface area contributed by atoms with Gasteiger partial charge in [0.05, 0.1) is 18.8 Å². The number of nitriles is 1. The van der Waals surface area contributed by atoms with Crippen LogP contribution in [-0.4, -0.2) is 42.9 Å². The second-order valence-corrected chi connectivity index (χ2v) is 5.63. The van der Waals surface area contributed by atoms with E-state index in [-0.39, 0.29) is 18.7 Å². The number of rotatable bonds is 8. The van der Waals surface area contributed by atoms with Gasteiger partial charge in [-0.1, -0.05) is 30.3 Å². The van der Waals surface area contributed by atoms with Crippen LogP contribution in [0.4, 0.5) is 0 Å². The molecule has 0 radical (unpaired) electrons. The van der Waals surface area contributed by atoms with Crippen molar-refractivity contribution >= 4 is 17.8 Å². The first kappa shape index (κ1) is 19.7. The highest BCUT2D eigenvalue weighted by Crippen LogP contribution is 2.16. The molecule has 8 nitrogen and oxygen atoms in total. The number of esters is 1. The van der Waals surface area contributed by atoms with Crippen molar-refractivity contribution in [2.45, 2.75) is 12.5 Å². The number of amides is 2. The van der Waals surface area contributed by atoms with E-state index in [0.717, 1.165) is 0 Å². The van der Waals surface area contributed by atoms with Crippen LogP contribution in [0.15, 0.2) is 53.1 Å². The summed E-state index contributed by atoms with van der Waals surface area (Å²) in [4.78, 5) is 38.0. The SMILES string of the molecule is CN(CCC#N)C(=O)COC(=O)[C@H](NC(=O)c1ccco1)c1ccccc1. The number of nitrogens with one attached hydrogen (secondary N) is 1. The van der Waals surface area contributed by atoms with Crippen LogP contribution >= 0.6 is 0 Å². The minimum absolute atomic E-state index is 0.0519. The molecule has 0 spiro atoms. The Morgan fingerprint density at radius 1 is 1.22 bits per heavy atom. The fourth-order valence-corrected chi connectivity index (χ4v) is 2.20. The van der Waals surface area contributed by atoms with Crippen LogP contribution in [0.5, 0.6) is 0 Å². The van der Waals surface area contributed by atoms with Gasteiger partial charge in [-0.25, -0.2) is 4.79 Å². The maximum Gasteiger partial charge on any atom is 0.333 e. The van der Waals surface area contributed by atoms with Gasteiger partial charge in [-0.3, -0.25) is 9.59 Å². The van der Waals surface area contributed by atoms with Crippen LogP contribution in [0.2, 0.25) is 0 Å². The summed E-state index contributed by atoms with van der Waals surface area (Å²) in [6.07, 6.45) is 1.53. The number of furan rings is 1. The summed E-state index contributed by atoms with van der Waals surface area (Å²) in [6.45, 7) is -0.245. The summed E-state index contributed by atoms with van der Waals surface area (Å²) in [5, 5.41) is 11.1. The second kappa shape index (κ2) is 9.77. The van der Waals surface area contributed by atoms with E-state index in [9.17, 15) is 14.4 Å². The molecule has 1 heterocycles. The zero-order valence-electron chi connectivity index (χ0n) is 14.8. The van der Waals surface area contributed by atoms with Crippen LogP contribution in [-0.2, 0) is 14.3 Å². The molecule has 0 aliphatic carbocycles. The van der Waals surface area contributed by atoms with Crippen molar-refractivity contribution in [3.63, 3.8) is 0 Å². The molecule has 0 aliphatic rings. The van der Waals surface area contributed by atoms with Gasteiger partial charge in [0.2, 0.25) is 0 Å². The van der Waals surface area contributed by atoms with E-state index in [1.165, 1.54) is 24.3 Å². The Labute approximate surface area is 156 Å². The van der Waals surface area contributed by atoms with Gasteiger partial charge in [0.1, 0.15) is 0 Å². The second-order valence-electron chi connectivity index (χ2n) is 5.63. The van der Waals surface area contributed by atoms with Crippen LogP contribution < -0.4 is 5.32 Å². The molecule has 1 N–H and O–H groups in total. The Kier molecular flexibility index (Phi) is 7.14. The standard InChI is InChI=1S/C19H19N3O5/c1-22(11-6-10-20)16(23)13-27-19(25)17(14-7-3-2-4-8-14)21-18(24)15-9-5-12-26-15/h2-5,7-9,12,17H,6,11,13H2,1H3,(H,21,24)/t17-/m1/s1. The molecule has 1 atom stereocenters. The summed E-state index contributed by atoms with van der Waals surface area (Å²) in [5.41, 5.74) is 0.507. The summed E-state index contributed by atoms with van der Waals surface area (Å²) in [7, 11) is 1.51. The van der Waals surface area contributed by atoms with Crippen molar-refractivity contribution < 1.29 is 23.5 Å². The largest absolute Gasteiger partial charge is 0.459 e. The maximum atomic E-state index is 12.5. The van der Waals surface area contributed by atoms with E-state index in [4.69, 9.17) is 14.4 Å². The van der Waals surface area contributed by atoms with E-state index in [0.29, 0.717) is 5.56 Å². The first-order valence-electron chi connectivity index (χ1n) is 8.19. The molecule has 27 heavy (non-hydrogen) atoms. The summed E-state index contributed by atoms with van der Waals surface area (Å²) in [5.74, 6) is -1.75. The van der Waals surface area contributed by atoms with Gasteiger partial charge in [-0.2, -0.15) is 5.26 Å². The third-order valence-corrected chi connectivity index (χ3v) is 3.71. The van der Waals surface area contributed by atoms with E-state index < -0.39 is 30.4 Å². The first-order valence-corrected chi connectivity index (χ1v) is 8.19. The molecule has 1 aromatic heterocycles. The van der Waals surface area contributed by atoms with Crippen LogP contribution in [0.3, 0.4) is 0 Å². The van der Waals surface area contributed by atoms with Crippen LogP contribution in [0, 0.1) is 11.3 Å². The number of ether oxygens (including phenoxy) is 1. The number of nitrogens with zero attached hydrogens (tertiary/aromatic N) is 2. The number of likely N-dealkylation sites (N-methyl/N-ethyl adjacent to an activating group) is 1. The molecular formula is C19H19N3O5. The van der Waals surface area contributed by atoms with Crippen LogP contribution in [0.1, 0.15) is 28.6 Å². The van der Waals surface area contributed by atoms with Crippen LogP contribution in [0.25, 0.3) is 0 Å². The molecule has 0 saturated heterocycles. The van der Waals surface area contributed by atoms with Crippen molar-refractivity contribution in [1.82, 2.24) is 10.2 Å². The molecular weight excluding hydrogens is 350 g/mol. The van der Waals surface area contributed by atoms with Crippen molar-refractivity contribution in [3.8, 4) is 6.07 Å². The monoisotopic (exact) mass is 369 g/mol. The van der Waals surface area contributed by atoms with E-state index in [1.54, 1.807) is 36.4 Å². The summed E-state index contributed by atoms with van der Waals surface area (Å²) >= 11 is 0. The molecule has 0 bridgehead atoms. The zero-order chi connectivity index (χ0) is 19.6. The number of hydrogen-bond donors (Lipinski definition) is 1. The average molecular weight is 369 g/mol. The molecule has 0 fully saturated rings. The molecule has 2 aromatic rings. The lowest BCUT2D eigenvalue weighted by Gasteiger charge is -2.19. The van der Waals surface area contributed by atoms with E-state index in [1.807, 2.05) is 6.07 Å². The molecule has 2 amide bonds. The van der Waals surface area contributed by atoms with Gasteiger partial charge in [-0.15, -0.1) is 0 Å². The Balaban J connectivity index is 2.04. The van der Waals surface area contributed by atoms with E-state index in [2.05, 4.69) is 5.32 Å². The zero-order valence-corrected chi connectivity index (χ0v) is 14.8. The topological polar surface area (TPSA) is 113 Å². The van der Waals surface area contributed by atoms with E-state index >= 15 is 0 Å². The predicted octanol–water partition coefficient (Wildman–Crippen LogP) is 1.67.